The number of aryl methyl sites for hydroxylation is 1. The van der Waals surface area contributed by atoms with E-state index >= 15 is 0 Å². The molecule has 84 valence electrons. The number of hydrogen-bond donors (Lipinski definition) is 1. The fourth-order valence-electron chi connectivity index (χ4n) is 1.41. The Morgan fingerprint density at radius 2 is 2.19 bits per heavy atom. The Kier molecular flexibility index (Phi) is 2.82. The van der Waals surface area contributed by atoms with Gasteiger partial charge in [-0.1, -0.05) is 0 Å². The molecule has 1 unspecified atom stereocenters. The molecule has 0 aliphatic carbocycles. The Morgan fingerprint density at radius 3 is 2.69 bits per heavy atom. The molecule has 0 radical (unpaired) electrons. The molecule has 2 aromatic heterocycles. The van der Waals surface area contributed by atoms with Gasteiger partial charge >= 0.3 is 0 Å². The van der Waals surface area contributed by atoms with Gasteiger partial charge in [-0.25, -0.2) is 4.98 Å². The maximum Gasteiger partial charge on any atom is 0.233 e. The van der Waals surface area contributed by atoms with Crippen molar-refractivity contribution in [2.45, 2.75) is 6.04 Å². The zero-order chi connectivity index (χ0) is 11.5. The number of rotatable bonds is 3. The summed E-state index contributed by atoms with van der Waals surface area (Å²) >= 11 is 0. The smallest absolute Gasteiger partial charge is 0.233 e. The van der Waals surface area contributed by atoms with Crippen LogP contribution in [0.4, 0.5) is 0 Å². The minimum Gasteiger partial charge on any atom is -0.480 e. The molecule has 0 spiro atoms. The van der Waals surface area contributed by atoms with Gasteiger partial charge in [0.05, 0.1) is 12.8 Å². The lowest BCUT2D eigenvalue weighted by Crippen LogP contribution is -2.18. The highest BCUT2D eigenvalue weighted by Crippen LogP contribution is 2.15. The highest BCUT2D eigenvalue weighted by atomic mass is 16.5. The summed E-state index contributed by atoms with van der Waals surface area (Å²) in [6.07, 6.45) is 3.54. The number of aromatic nitrogens is 4. The third kappa shape index (κ3) is 1.87. The molecule has 2 rings (SSSR count). The van der Waals surface area contributed by atoms with E-state index in [2.05, 4.69) is 15.2 Å². The number of methoxy groups -OCH3 is 1. The van der Waals surface area contributed by atoms with E-state index in [9.17, 15) is 0 Å². The van der Waals surface area contributed by atoms with Gasteiger partial charge in [-0.15, -0.1) is 10.2 Å². The quantitative estimate of drug-likeness (QED) is 0.801. The molecule has 1 atom stereocenters. The summed E-state index contributed by atoms with van der Waals surface area (Å²) in [5, 5.41) is 7.86. The van der Waals surface area contributed by atoms with Crippen molar-refractivity contribution in [1.82, 2.24) is 19.7 Å². The van der Waals surface area contributed by atoms with Gasteiger partial charge in [-0.3, -0.25) is 0 Å². The zero-order valence-electron chi connectivity index (χ0n) is 9.16. The third-order valence-electron chi connectivity index (χ3n) is 2.33. The zero-order valence-corrected chi connectivity index (χ0v) is 9.16. The number of hydrogen-bond acceptors (Lipinski definition) is 5. The van der Waals surface area contributed by atoms with Gasteiger partial charge in [-0.05, 0) is 6.07 Å². The van der Waals surface area contributed by atoms with Crippen LogP contribution in [0, 0.1) is 0 Å². The molecule has 16 heavy (non-hydrogen) atoms. The Bertz CT molecular complexity index is 464. The molecular formula is C10H13N5O. The summed E-state index contributed by atoms with van der Waals surface area (Å²) in [5.74, 6) is 1.22. The van der Waals surface area contributed by atoms with Gasteiger partial charge in [0.25, 0.3) is 0 Å². The lowest BCUT2D eigenvalue weighted by Gasteiger charge is -2.10. The van der Waals surface area contributed by atoms with E-state index in [1.807, 2.05) is 17.8 Å². The molecule has 0 fully saturated rings. The van der Waals surface area contributed by atoms with Crippen molar-refractivity contribution in [3.8, 4) is 5.88 Å². The van der Waals surface area contributed by atoms with E-state index in [0.717, 1.165) is 5.82 Å². The van der Waals surface area contributed by atoms with Crippen molar-refractivity contribution in [1.29, 1.82) is 0 Å². The number of ether oxygens (including phenoxy) is 1. The van der Waals surface area contributed by atoms with Crippen molar-refractivity contribution in [3.05, 3.63) is 36.0 Å². The molecule has 6 nitrogen and oxygen atoms in total. The SMILES string of the molecule is COc1ccc(C(N)c2nccn2C)nn1. The van der Waals surface area contributed by atoms with Crippen LogP contribution in [0.3, 0.4) is 0 Å². The number of nitrogens with zero attached hydrogens (tertiary/aromatic N) is 4. The van der Waals surface area contributed by atoms with Gasteiger partial charge in [0, 0.05) is 25.5 Å². The van der Waals surface area contributed by atoms with E-state index < -0.39 is 0 Å². The molecule has 2 heterocycles. The van der Waals surface area contributed by atoms with Crippen molar-refractivity contribution in [3.63, 3.8) is 0 Å². The molecule has 0 amide bonds. The van der Waals surface area contributed by atoms with Crippen molar-refractivity contribution < 1.29 is 4.74 Å². The molecule has 0 bridgehead atoms. The van der Waals surface area contributed by atoms with Gasteiger partial charge in [0.1, 0.15) is 11.9 Å². The van der Waals surface area contributed by atoms with E-state index in [0.29, 0.717) is 11.6 Å². The highest BCUT2D eigenvalue weighted by Gasteiger charge is 2.15. The standard InChI is InChI=1S/C10H13N5O/c1-15-6-5-12-10(15)9(11)7-3-4-8(16-2)14-13-7/h3-6,9H,11H2,1-2H3. The summed E-state index contributed by atoms with van der Waals surface area (Å²) in [6.45, 7) is 0. The molecule has 0 aliphatic rings. The molecule has 0 aliphatic heterocycles. The first kappa shape index (κ1) is 10.6. The highest BCUT2D eigenvalue weighted by molar-refractivity contribution is 5.19. The predicted octanol–water partition coefficient (Wildman–Crippen LogP) is 0.267. The van der Waals surface area contributed by atoms with Crippen molar-refractivity contribution >= 4 is 0 Å². The average molecular weight is 219 g/mol. The third-order valence-corrected chi connectivity index (χ3v) is 2.33. The van der Waals surface area contributed by atoms with Crippen molar-refractivity contribution in [2.24, 2.45) is 12.8 Å². The second-order valence-electron chi connectivity index (χ2n) is 3.37. The topological polar surface area (TPSA) is 78.9 Å². The fraction of sp³-hybridized carbons (Fsp3) is 0.300. The van der Waals surface area contributed by atoms with Gasteiger partial charge in [-0.2, -0.15) is 0 Å². The molecule has 2 aromatic rings. The normalized spacial score (nSPS) is 12.4. The molecule has 2 N–H and O–H groups in total. The maximum atomic E-state index is 6.03. The van der Waals surface area contributed by atoms with Crippen LogP contribution >= 0.6 is 0 Å². The largest absolute Gasteiger partial charge is 0.480 e. The van der Waals surface area contributed by atoms with Gasteiger partial charge in [0.15, 0.2) is 0 Å². The molecule has 0 saturated heterocycles. The lowest BCUT2D eigenvalue weighted by molar-refractivity contribution is 0.390. The van der Waals surface area contributed by atoms with Crippen LogP contribution in [0.25, 0.3) is 0 Å². The van der Waals surface area contributed by atoms with Crippen LogP contribution < -0.4 is 10.5 Å². The lowest BCUT2D eigenvalue weighted by atomic mass is 10.2. The second-order valence-corrected chi connectivity index (χ2v) is 3.37. The Balaban J connectivity index is 2.27. The first-order chi connectivity index (χ1) is 7.72. The van der Waals surface area contributed by atoms with Crippen LogP contribution in [0.1, 0.15) is 17.6 Å². The molecule has 0 aromatic carbocycles. The van der Waals surface area contributed by atoms with E-state index in [1.54, 1.807) is 25.4 Å². The first-order valence-electron chi connectivity index (χ1n) is 4.83. The predicted molar refractivity (Wildman–Crippen MR) is 57.8 cm³/mol. The summed E-state index contributed by atoms with van der Waals surface area (Å²) in [4.78, 5) is 4.17. The maximum absolute atomic E-state index is 6.03. The van der Waals surface area contributed by atoms with Crippen LogP contribution in [-0.4, -0.2) is 26.9 Å². The van der Waals surface area contributed by atoms with E-state index in [-0.39, 0.29) is 6.04 Å². The Labute approximate surface area is 93.1 Å². The Morgan fingerprint density at radius 1 is 1.38 bits per heavy atom. The molecule has 6 heteroatoms. The van der Waals surface area contributed by atoms with Crippen LogP contribution in [0.2, 0.25) is 0 Å². The monoisotopic (exact) mass is 219 g/mol. The van der Waals surface area contributed by atoms with Crippen LogP contribution in [0.15, 0.2) is 24.5 Å². The second kappa shape index (κ2) is 4.28. The average Bonchev–Trinajstić information content (AvgIpc) is 2.75. The summed E-state index contributed by atoms with van der Waals surface area (Å²) < 4.78 is 6.79. The fourth-order valence-corrected chi connectivity index (χ4v) is 1.41. The number of nitrogens with two attached hydrogens (primary N) is 1. The van der Waals surface area contributed by atoms with Gasteiger partial charge in [0.2, 0.25) is 5.88 Å². The molecular weight excluding hydrogens is 206 g/mol. The minimum atomic E-state index is -0.376. The van der Waals surface area contributed by atoms with Gasteiger partial charge < -0.3 is 15.0 Å². The van der Waals surface area contributed by atoms with E-state index in [1.165, 1.54) is 0 Å². The van der Waals surface area contributed by atoms with Crippen LogP contribution in [0.5, 0.6) is 5.88 Å². The minimum absolute atomic E-state index is 0.376. The van der Waals surface area contributed by atoms with Crippen LogP contribution in [-0.2, 0) is 7.05 Å². The number of imidazole rings is 1. The van der Waals surface area contributed by atoms with E-state index in [4.69, 9.17) is 10.5 Å². The van der Waals surface area contributed by atoms with Crippen molar-refractivity contribution in [2.75, 3.05) is 7.11 Å². The summed E-state index contributed by atoms with van der Waals surface area (Å²) in [7, 11) is 3.43. The summed E-state index contributed by atoms with van der Waals surface area (Å²) in [5.41, 5.74) is 6.69. The summed E-state index contributed by atoms with van der Waals surface area (Å²) in [6, 6.07) is 3.13. The Hall–Kier alpha value is -1.95. The first-order valence-corrected chi connectivity index (χ1v) is 4.83. The molecule has 0 saturated carbocycles.